The maximum Gasteiger partial charge on any atom is 0.128 e. The van der Waals surface area contributed by atoms with E-state index in [0.29, 0.717) is 22.5 Å². The van der Waals surface area contributed by atoms with Crippen molar-refractivity contribution >= 4 is 11.6 Å². The van der Waals surface area contributed by atoms with Gasteiger partial charge in [0, 0.05) is 23.2 Å². The molecule has 0 amide bonds. The Bertz CT molecular complexity index is 476. The average molecular weight is 313 g/mol. The molecule has 0 bridgehead atoms. The van der Waals surface area contributed by atoms with Crippen LogP contribution in [0.2, 0.25) is 5.02 Å². The van der Waals surface area contributed by atoms with Gasteiger partial charge in [-0.15, -0.1) is 0 Å². The average Bonchev–Trinajstić information content (AvgIpc) is 2.43. The number of benzene rings is 1. The Morgan fingerprint density at radius 3 is 2.48 bits per heavy atom. The molecule has 1 atom stereocenters. The number of nitrogens with zero attached hydrogens (tertiary/aromatic N) is 1. The molecule has 2 rings (SSSR count). The van der Waals surface area contributed by atoms with Crippen LogP contribution in [0.1, 0.15) is 45.2 Å². The third-order valence-corrected chi connectivity index (χ3v) is 4.97. The highest BCUT2D eigenvalue weighted by Crippen LogP contribution is 2.37. The predicted molar refractivity (Wildman–Crippen MR) is 87.0 cm³/mol. The molecule has 4 heteroatoms. The van der Waals surface area contributed by atoms with E-state index in [-0.39, 0.29) is 11.9 Å². The van der Waals surface area contributed by atoms with Crippen LogP contribution in [0, 0.1) is 17.2 Å². The Morgan fingerprint density at radius 2 is 1.95 bits per heavy atom. The fourth-order valence-corrected chi connectivity index (χ4v) is 3.50. The van der Waals surface area contributed by atoms with Gasteiger partial charge in [-0.3, -0.25) is 4.90 Å². The molecular weight excluding hydrogens is 287 g/mol. The summed E-state index contributed by atoms with van der Waals surface area (Å²) in [6, 6.07) is 4.65. The van der Waals surface area contributed by atoms with Gasteiger partial charge in [-0.2, -0.15) is 0 Å². The van der Waals surface area contributed by atoms with E-state index in [1.54, 1.807) is 12.1 Å². The Hall–Kier alpha value is -0.640. The summed E-state index contributed by atoms with van der Waals surface area (Å²) in [5, 5.41) is 0.564. The quantitative estimate of drug-likeness (QED) is 0.904. The van der Waals surface area contributed by atoms with Crippen molar-refractivity contribution in [2.45, 2.75) is 39.7 Å². The number of hydrogen-bond donors (Lipinski definition) is 1. The second-order valence-electron chi connectivity index (χ2n) is 7.09. The highest BCUT2D eigenvalue weighted by Gasteiger charge is 2.32. The summed E-state index contributed by atoms with van der Waals surface area (Å²) in [4.78, 5) is 2.30. The maximum atomic E-state index is 14.1. The molecule has 1 aromatic carbocycles. The normalized spacial score (nSPS) is 19.7. The van der Waals surface area contributed by atoms with Crippen molar-refractivity contribution in [3.8, 4) is 0 Å². The van der Waals surface area contributed by atoms with E-state index >= 15 is 0 Å². The summed E-state index contributed by atoms with van der Waals surface area (Å²) in [6.07, 6.45) is 2.28. The fourth-order valence-electron chi connectivity index (χ4n) is 3.32. The van der Waals surface area contributed by atoms with Crippen molar-refractivity contribution in [2.24, 2.45) is 17.1 Å². The Morgan fingerprint density at radius 1 is 1.33 bits per heavy atom. The van der Waals surface area contributed by atoms with Crippen LogP contribution in [-0.2, 0) is 0 Å². The Labute approximate surface area is 132 Å². The standard InChI is InChI=1S/C17H26ClFN2/c1-17(2,3)12-6-8-21(9-7-12)16(11-20)14-10-13(18)4-5-15(14)19/h4-5,10,12,16H,6-9,11,20H2,1-3H3. The zero-order chi connectivity index (χ0) is 15.6. The minimum absolute atomic E-state index is 0.0791. The summed E-state index contributed by atoms with van der Waals surface area (Å²) in [5.74, 6) is 0.504. The molecule has 0 aromatic heterocycles. The second-order valence-corrected chi connectivity index (χ2v) is 7.53. The van der Waals surface area contributed by atoms with E-state index in [1.807, 2.05) is 0 Å². The molecule has 0 saturated carbocycles. The molecule has 1 aliphatic heterocycles. The second kappa shape index (κ2) is 6.64. The molecule has 0 aliphatic carbocycles. The van der Waals surface area contributed by atoms with Gasteiger partial charge in [0.1, 0.15) is 5.82 Å². The minimum atomic E-state index is -0.215. The van der Waals surface area contributed by atoms with E-state index in [2.05, 4.69) is 25.7 Å². The molecule has 2 nitrogen and oxygen atoms in total. The highest BCUT2D eigenvalue weighted by atomic mass is 35.5. The summed E-state index contributed by atoms with van der Waals surface area (Å²) in [6.45, 7) is 9.24. The van der Waals surface area contributed by atoms with E-state index in [0.717, 1.165) is 31.8 Å². The van der Waals surface area contributed by atoms with Crippen LogP contribution in [0.15, 0.2) is 18.2 Å². The lowest BCUT2D eigenvalue weighted by Crippen LogP contribution is -2.42. The van der Waals surface area contributed by atoms with E-state index < -0.39 is 0 Å². The van der Waals surface area contributed by atoms with Crippen LogP contribution in [-0.4, -0.2) is 24.5 Å². The number of hydrogen-bond acceptors (Lipinski definition) is 2. The first kappa shape index (κ1) is 16.7. The summed E-state index contributed by atoms with van der Waals surface area (Å²) in [5.41, 5.74) is 6.89. The van der Waals surface area contributed by atoms with Crippen LogP contribution in [0.5, 0.6) is 0 Å². The molecule has 1 fully saturated rings. The first-order valence-electron chi connectivity index (χ1n) is 7.72. The molecular formula is C17H26ClFN2. The van der Waals surface area contributed by atoms with Gasteiger partial charge in [0.2, 0.25) is 0 Å². The van der Waals surface area contributed by atoms with Crippen molar-refractivity contribution < 1.29 is 4.39 Å². The van der Waals surface area contributed by atoms with Crippen LogP contribution in [0.3, 0.4) is 0 Å². The molecule has 1 saturated heterocycles. The maximum absolute atomic E-state index is 14.1. The molecule has 2 N–H and O–H groups in total. The first-order chi connectivity index (χ1) is 9.82. The SMILES string of the molecule is CC(C)(C)C1CCN(C(CN)c2cc(Cl)ccc2F)CC1. The molecule has 118 valence electrons. The molecule has 0 radical (unpaired) electrons. The van der Waals surface area contributed by atoms with Gasteiger partial charge >= 0.3 is 0 Å². The topological polar surface area (TPSA) is 29.3 Å². The Balaban J connectivity index is 2.11. The van der Waals surface area contributed by atoms with Gasteiger partial charge in [0.05, 0.1) is 0 Å². The van der Waals surface area contributed by atoms with Crippen LogP contribution in [0.4, 0.5) is 4.39 Å². The summed E-state index contributed by atoms with van der Waals surface area (Å²) in [7, 11) is 0. The summed E-state index contributed by atoms with van der Waals surface area (Å²) >= 11 is 6.01. The summed E-state index contributed by atoms with van der Waals surface area (Å²) < 4.78 is 14.1. The first-order valence-corrected chi connectivity index (χ1v) is 8.09. The van der Waals surface area contributed by atoms with Gasteiger partial charge < -0.3 is 5.73 Å². The van der Waals surface area contributed by atoms with Crippen molar-refractivity contribution in [2.75, 3.05) is 19.6 Å². The lowest BCUT2D eigenvalue weighted by molar-refractivity contribution is 0.0835. The number of nitrogens with two attached hydrogens (primary N) is 1. The molecule has 1 unspecified atom stereocenters. The van der Waals surface area contributed by atoms with Crippen molar-refractivity contribution in [3.63, 3.8) is 0 Å². The van der Waals surface area contributed by atoms with Gasteiger partial charge in [0.15, 0.2) is 0 Å². The molecule has 21 heavy (non-hydrogen) atoms. The van der Waals surface area contributed by atoms with Gasteiger partial charge in [0.25, 0.3) is 0 Å². The number of piperidine rings is 1. The monoisotopic (exact) mass is 312 g/mol. The van der Waals surface area contributed by atoms with E-state index in [1.165, 1.54) is 6.07 Å². The molecule has 1 heterocycles. The van der Waals surface area contributed by atoms with Crippen LogP contribution >= 0.6 is 11.6 Å². The van der Waals surface area contributed by atoms with E-state index in [4.69, 9.17) is 17.3 Å². The van der Waals surface area contributed by atoms with Gasteiger partial charge in [-0.1, -0.05) is 32.4 Å². The lowest BCUT2D eigenvalue weighted by Gasteiger charge is -2.41. The molecule has 1 aliphatic rings. The van der Waals surface area contributed by atoms with Crippen LogP contribution < -0.4 is 5.73 Å². The van der Waals surface area contributed by atoms with Crippen molar-refractivity contribution in [1.29, 1.82) is 0 Å². The zero-order valence-corrected chi connectivity index (χ0v) is 14.0. The number of rotatable bonds is 3. The minimum Gasteiger partial charge on any atom is -0.329 e. The van der Waals surface area contributed by atoms with Crippen molar-refractivity contribution in [3.05, 3.63) is 34.6 Å². The van der Waals surface area contributed by atoms with Gasteiger partial charge in [-0.25, -0.2) is 4.39 Å². The number of halogens is 2. The number of likely N-dealkylation sites (tertiary alicyclic amines) is 1. The largest absolute Gasteiger partial charge is 0.329 e. The fraction of sp³-hybridized carbons (Fsp3) is 0.647. The van der Waals surface area contributed by atoms with Crippen LogP contribution in [0.25, 0.3) is 0 Å². The van der Waals surface area contributed by atoms with E-state index in [9.17, 15) is 4.39 Å². The highest BCUT2D eigenvalue weighted by molar-refractivity contribution is 6.30. The third-order valence-electron chi connectivity index (χ3n) is 4.74. The predicted octanol–water partition coefficient (Wildman–Crippen LogP) is 4.24. The van der Waals surface area contributed by atoms with Crippen molar-refractivity contribution in [1.82, 2.24) is 4.90 Å². The lowest BCUT2D eigenvalue weighted by atomic mass is 9.75. The molecule has 0 spiro atoms. The molecule has 1 aromatic rings. The smallest absolute Gasteiger partial charge is 0.128 e. The Kier molecular flexibility index (Phi) is 5.29. The third kappa shape index (κ3) is 3.97. The van der Waals surface area contributed by atoms with Gasteiger partial charge in [-0.05, 0) is 55.5 Å². The zero-order valence-electron chi connectivity index (χ0n) is 13.2.